The summed E-state index contributed by atoms with van der Waals surface area (Å²) in [6.45, 7) is 0. The SMILES string of the molecule is CN(N)/N=C(\N)Cc1ccc(Cl)cc1N. The van der Waals surface area contributed by atoms with E-state index in [4.69, 9.17) is 28.9 Å². The van der Waals surface area contributed by atoms with Gasteiger partial charge in [0.2, 0.25) is 0 Å². The molecule has 0 aliphatic heterocycles. The Morgan fingerprint density at radius 1 is 1.53 bits per heavy atom. The summed E-state index contributed by atoms with van der Waals surface area (Å²) in [7, 11) is 1.60. The first-order valence-corrected chi connectivity index (χ1v) is 4.72. The molecule has 0 atom stereocenters. The average molecular weight is 228 g/mol. The van der Waals surface area contributed by atoms with Crippen LogP contribution in [0.1, 0.15) is 5.56 Å². The normalized spacial score (nSPS) is 11.5. The van der Waals surface area contributed by atoms with Crippen LogP contribution in [-0.2, 0) is 6.42 Å². The van der Waals surface area contributed by atoms with E-state index in [0.29, 0.717) is 23.0 Å². The molecule has 0 amide bonds. The van der Waals surface area contributed by atoms with Crippen LogP contribution in [0.25, 0.3) is 0 Å². The molecule has 0 fully saturated rings. The van der Waals surface area contributed by atoms with Crippen molar-refractivity contribution in [1.82, 2.24) is 5.12 Å². The maximum absolute atomic E-state index is 5.77. The largest absolute Gasteiger partial charge is 0.398 e. The number of halogens is 1. The molecule has 1 aromatic carbocycles. The third-order valence-electron chi connectivity index (χ3n) is 1.77. The van der Waals surface area contributed by atoms with Crippen molar-refractivity contribution in [3.05, 3.63) is 28.8 Å². The molecule has 0 heterocycles. The van der Waals surface area contributed by atoms with Crippen LogP contribution in [0.15, 0.2) is 23.3 Å². The van der Waals surface area contributed by atoms with Gasteiger partial charge in [-0.05, 0) is 17.7 Å². The molecule has 0 aromatic heterocycles. The third kappa shape index (κ3) is 3.65. The van der Waals surface area contributed by atoms with Crippen molar-refractivity contribution in [2.24, 2.45) is 16.7 Å². The lowest BCUT2D eigenvalue weighted by molar-refractivity contribution is 0.370. The van der Waals surface area contributed by atoms with Crippen molar-refractivity contribution in [3.63, 3.8) is 0 Å². The minimum atomic E-state index is 0.397. The fourth-order valence-electron chi connectivity index (χ4n) is 1.16. The summed E-state index contributed by atoms with van der Waals surface area (Å²) in [6, 6.07) is 5.25. The molecule has 0 aliphatic carbocycles. The predicted octanol–water partition coefficient (Wildman–Crippen LogP) is 0.542. The van der Waals surface area contributed by atoms with Crippen molar-refractivity contribution >= 4 is 23.1 Å². The molecule has 0 spiro atoms. The number of hydrazone groups is 1. The number of hydrogen-bond donors (Lipinski definition) is 3. The van der Waals surface area contributed by atoms with Gasteiger partial charge in [0.05, 0.1) is 0 Å². The monoisotopic (exact) mass is 227 g/mol. The Hall–Kier alpha value is -1.46. The zero-order valence-corrected chi connectivity index (χ0v) is 9.20. The van der Waals surface area contributed by atoms with E-state index in [0.717, 1.165) is 10.7 Å². The zero-order valence-electron chi connectivity index (χ0n) is 8.44. The van der Waals surface area contributed by atoms with Gasteiger partial charge in [0.25, 0.3) is 0 Å². The fourth-order valence-corrected chi connectivity index (χ4v) is 1.34. The molecule has 0 saturated carbocycles. The summed E-state index contributed by atoms with van der Waals surface area (Å²) in [5, 5.41) is 5.61. The number of hydrazine groups is 1. The molecule has 0 radical (unpaired) electrons. The number of rotatable bonds is 3. The molecule has 82 valence electrons. The molecule has 0 unspecified atom stereocenters. The average Bonchev–Trinajstić information content (AvgIpc) is 2.08. The first-order valence-electron chi connectivity index (χ1n) is 4.34. The number of amidine groups is 1. The van der Waals surface area contributed by atoms with Crippen LogP contribution in [-0.4, -0.2) is 18.0 Å². The van der Waals surface area contributed by atoms with E-state index >= 15 is 0 Å². The van der Waals surface area contributed by atoms with E-state index in [1.807, 2.05) is 6.07 Å². The summed E-state index contributed by atoms with van der Waals surface area (Å²) >= 11 is 5.77. The number of nitrogens with zero attached hydrogens (tertiary/aromatic N) is 2. The number of nitrogen functional groups attached to an aromatic ring is 1. The highest BCUT2D eigenvalue weighted by molar-refractivity contribution is 6.30. The summed E-state index contributed by atoms with van der Waals surface area (Å²) in [5.41, 5.74) is 12.9. The Balaban J connectivity index is 2.81. The molecule has 6 heteroatoms. The van der Waals surface area contributed by atoms with Crippen LogP contribution in [0.3, 0.4) is 0 Å². The van der Waals surface area contributed by atoms with Crippen LogP contribution in [0, 0.1) is 0 Å². The Kier molecular flexibility index (Phi) is 3.76. The number of anilines is 1. The molecule has 1 aromatic rings. The van der Waals surface area contributed by atoms with E-state index in [9.17, 15) is 0 Å². The first kappa shape index (κ1) is 11.6. The highest BCUT2D eigenvalue weighted by atomic mass is 35.5. The van der Waals surface area contributed by atoms with Crippen LogP contribution in [0.2, 0.25) is 5.02 Å². The standard InChI is InChI=1S/C9H14ClN5/c1-15(13)14-9(12)4-6-2-3-7(10)5-8(6)11/h2-3,5H,4,11,13H2,1H3,(H2,12,14). The second-order valence-corrected chi connectivity index (χ2v) is 3.62. The molecule has 1 rings (SSSR count). The second-order valence-electron chi connectivity index (χ2n) is 3.18. The summed E-state index contributed by atoms with van der Waals surface area (Å²) in [4.78, 5) is 0. The summed E-state index contributed by atoms with van der Waals surface area (Å²) in [5.74, 6) is 5.72. The molecule has 6 N–H and O–H groups in total. The molecule has 0 bridgehead atoms. The van der Waals surface area contributed by atoms with Crippen molar-refractivity contribution in [2.75, 3.05) is 12.8 Å². The van der Waals surface area contributed by atoms with Crippen LogP contribution < -0.4 is 17.3 Å². The van der Waals surface area contributed by atoms with Crippen molar-refractivity contribution in [1.29, 1.82) is 0 Å². The Morgan fingerprint density at radius 3 is 2.73 bits per heavy atom. The van der Waals surface area contributed by atoms with Gasteiger partial charge >= 0.3 is 0 Å². The first-order chi connectivity index (χ1) is 6.99. The smallest absolute Gasteiger partial charge is 0.125 e. The topological polar surface area (TPSA) is 93.7 Å². The van der Waals surface area contributed by atoms with Gasteiger partial charge in [-0.1, -0.05) is 17.7 Å². The molecule has 15 heavy (non-hydrogen) atoms. The third-order valence-corrected chi connectivity index (χ3v) is 2.00. The molecular weight excluding hydrogens is 214 g/mol. The quantitative estimate of drug-likeness (QED) is 0.231. The van der Waals surface area contributed by atoms with E-state index < -0.39 is 0 Å². The highest BCUT2D eigenvalue weighted by Gasteiger charge is 2.02. The Labute approximate surface area is 93.4 Å². The summed E-state index contributed by atoms with van der Waals surface area (Å²) < 4.78 is 0. The van der Waals surface area contributed by atoms with Gasteiger partial charge in [-0.25, -0.2) is 11.0 Å². The molecule has 5 nitrogen and oxygen atoms in total. The van der Waals surface area contributed by atoms with E-state index in [-0.39, 0.29) is 0 Å². The van der Waals surface area contributed by atoms with Crippen molar-refractivity contribution < 1.29 is 0 Å². The zero-order chi connectivity index (χ0) is 11.4. The predicted molar refractivity (Wildman–Crippen MR) is 63.1 cm³/mol. The van der Waals surface area contributed by atoms with Crippen LogP contribution >= 0.6 is 11.6 Å². The van der Waals surface area contributed by atoms with E-state index in [1.54, 1.807) is 19.2 Å². The van der Waals surface area contributed by atoms with Crippen molar-refractivity contribution in [3.8, 4) is 0 Å². The van der Waals surface area contributed by atoms with E-state index in [2.05, 4.69) is 5.10 Å². The Morgan fingerprint density at radius 2 is 2.20 bits per heavy atom. The van der Waals surface area contributed by atoms with Gasteiger partial charge < -0.3 is 11.5 Å². The molecule has 0 aliphatic rings. The highest BCUT2D eigenvalue weighted by Crippen LogP contribution is 2.18. The lowest BCUT2D eigenvalue weighted by Crippen LogP contribution is -2.26. The van der Waals surface area contributed by atoms with E-state index in [1.165, 1.54) is 0 Å². The maximum atomic E-state index is 5.77. The maximum Gasteiger partial charge on any atom is 0.125 e. The summed E-state index contributed by atoms with van der Waals surface area (Å²) in [6.07, 6.45) is 0.449. The second kappa shape index (κ2) is 4.86. The lowest BCUT2D eigenvalue weighted by atomic mass is 10.1. The molecule has 0 saturated heterocycles. The lowest BCUT2D eigenvalue weighted by Gasteiger charge is -2.08. The van der Waals surface area contributed by atoms with Gasteiger partial charge in [-0.3, -0.25) is 0 Å². The molecular formula is C9H14ClN5. The fraction of sp³-hybridized carbons (Fsp3) is 0.222. The number of nitrogens with two attached hydrogens (primary N) is 3. The van der Waals surface area contributed by atoms with Gasteiger partial charge in [0.1, 0.15) is 5.84 Å². The number of benzene rings is 1. The Bertz CT molecular complexity index is 375. The number of hydrogen-bond acceptors (Lipinski definition) is 4. The van der Waals surface area contributed by atoms with Gasteiger partial charge in [-0.2, -0.15) is 0 Å². The minimum absolute atomic E-state index is 0.397. The van der Waals surface area contributed by atoms with Gasteiger partial charge in [0.15, 0.2) is 0 Å². The van der Waals surface area contributed by atoms with Crippen LogP contribution in [0.4, 0.5) is 5.69 Å². The van der Waals surface area contributed by atoms with Gasteiger partial charge in [0, 0.05) is 24.2 Å². The van der Waals surface area contributed by atoms with Crippen LogP contribution in [0.5, 0.6) is 0 Å². The van der Waals surface area contributed by atoms with Crippen molar-refractivity contribution in [2.45, 2.75) is 6.42 Å². The minimum Gasteiger partial charge on any atom is -0.398 e. The van der Waals surface area contributed by atoms with Gasteiger partial charge in [-0.15, -0.1) is 5.10 Å².